The number of aromatic hydroxyl groups is 2. The summed E-state index contributed by atoms with van der Waals surface area (Å²) in [6, 6.07) is 15.0. The summed E-state index contributed by atoms with van der Waals surface area (Å²) in [6.07, 6.45) is 1.03. The second-order valence-corrected chi connectivity index (χ2v) is 7.10. The summed E-state index contributed by atoms with van der Waals surface area (Å²) < 4.78 is 11.2. The van der Waals surface area contributed by atoms with Gasteiger partial charge in [0.1, 0.15) is 23.0 Å². The molecule has 0 aromatic heterocycles. The molecular weight excluding hydrogens is 352 g/mol. The highest BCUT2D eigenvalue weighted by atomic mass is 16.5. The van der Waals surface area contributed by atoms with Crippen molar-refractivity contribution < 1.29 is 19.7 Å². The molecule has 0 amide bonds. The molecule has 0 aliphatic heterocycles. The van der Waals surface area contributed by atoms with Crippen molar-refractivity contribution in [2.75, 3.05) is 14.2 Å². The van der Waals surface area contributed by atoms with Crippen molar-refractivity contribution in [2.45, 2.75) is 26.7 Å². The van der Waals surface area contributed by atoms with Crippen LogP contribution in [-0.2, 0) is 12.8 Å². The lowest BCUT2D eigenvalue weighted by molar-refractivity contribution is 0.400. The van der Waals surface area contributed by atoms with Crippen molar-refractivity contribution in [3.8, 4) is 23.0 Å². The lowest BCUT2D eigenvalue weighted by Crippen LogP contribution is -2.01. The average molecular weight is 378 g/mol. The Morgan fingerprint density at radius 2 is 1.25 bits per heavy atom. The average Bonchev–Trinajstić information content (AvgIpc) is 2.65. The van der Waals surface area contributed by atoms with Crippen LogP contribution in [0.5, 0.6) is 23.0 Å². The van der Waals surface area contributed by atoms with E-state index >= 15 is 0 Å². The number of hydrogen-bond donors (Lipinski definition) is 2. The third kappa shape index (κ3) is 4.22. The largest absolute Gasteiger partial charge is 0.508 e. The molecule has 0 atom stereocenters. The van der Waals surface area contributed by atoms with Gasteiger partial charge in [-0.3, -0.25) is 0 Å². The molecule has 0 aliphatic rings. The first-order valence-corrected chi connectivity index (χ1v) is 9.22. The van der Waals surface area contributed by atoms with Crippen LogP contribution in [0.3, 0.4) is 0 Å². The van der Waals surface area contributed by atoms with E-state index in [1.165, 1.54) is 0 Å². The van der Waals surface area contributed by atoms with Crippen LogP contribution in [0.15, 0.2) is 48.5 Å². The van der Waals surface area contributed by atoms with Crippen LogP contribution in [0, 0.1) is 13.8 Å². The smallest absolute Gasteiger partial charge is 0.126 e. The number of phenols is 2. The maximum Gasteiger partial charge on any atom is 0.126 e. The van der Waals surface area contributed by atoms with Crippen LogP contribution in [0.25, 0.3) is 0 Å². The number of aryl methyl sites for hydroxylation is 2. The van der Waals surface area contributed by atoms with Gasteiger partial charge < -0.3 is 19.7 Å². The monoisotopic (exact) mass is 378 g/mol. The topological polar surface area (TPSA) is 58.9 Å². The number of hydrogen-bond acceptors (Lipinski definition) is 4. The highest BCUT2D eigenvalue weighted by Crippen LogP contribution is 2.35. The van der Waals surface area contributed by atoms with Gasteiger partial charge in [0.25, 0.3) is 0 Å². The molecule has 0 saturated carbocycles. The van der Waals surface area contributed by atoms with E-state index in [0.717, 1.165) is 39.1 Å². The summed E-state index contributed by atoms with van der Waals surface area (Å²) in [5.74, 6) is 1.92. The normalized spacial score (nSPS) is 10.7. The standard InChI is InChI=1S/C24H26O4/c1-15-5-7-22(26)17(9-15)11-19-13-21(25)14-20(24(19)28-4)12-18-10-16(2)6-8-23(18)27-3/h5-10,13-14,25-26H,11-12H2,1-4H3. The SMILES string of the molecule is COc1ccc(C)cc1Cc1cc(O)cc(Cc2cc(C)ccc2O)c1OC. The fourth-order valence-corrected chi connectivity index (χ4v) is 3.57. The molecule has 3 aromatic carbocycles. The van der Waals surface area contributed by atoms with Gasteiger partial charge in [-0.15, -0.1) is 0 Å². The van der Waals surface area contributed by atoms with Gasteiger partial charge >= 0.3 is 0 Å². The van der Waals surface area contributed by atoms with Gasteiger partial charge in [0.05, 0.1) is 14.2 Å². The van der Waals surface area contributed by atoms with Gasteiger partial charge in [-0.05, 0) is 49.2 Å². The highest BCUT2D eigenvalue weighted by molar-refractivity contribution is 5.53. The molecule has 28 heavy (non-hydrogen) atoms. The zero-order valence-electron chi connectivity index (χ0n) is 16.7. The first-order chi connectivity index (χ1) is 13.4. The second-order valence-electron chi connectivity index (χ2n) is 7.10. The number of methoxy groups -OCH3 is 2. The third-order valence-corrected chi connectivity index (χ3v) is 4.86. The van der Waals surface area contributed by atoms with E-state index in [2.05, 4.69) is 6.07 Å². The summed E-state index contributed by atoms with van der Waals surface area (Å²) >= 11 is 0. The maximum atomic E-state index is 10.3. The first-order valence-electron chi connectivity index (χ1n) is 9.22. The van der Waals surface area contributed by atoms with E-state index in [-0.39, 0.29) is 11.5 Å². The minimum absolute atomic E-state index is 0.171. The first kappa shape index (κ1) is 19.6. The Kier molecular flexibility index (Phi) is 5.78. The van der Waals surface area contributed by atoms with Crippen LogP contribution in [0.4, 0.5) is 0 Å². The Morgan fingerprint density at radius 1 is 0.679 bits per heavy atom. The van der Waals surface area contributed by atoms with E-state index in [9.17, 15) is 10.2 Å². The molecule has 0 unspecified atom stereocenters. The summed E-state index contributed by atoms with van der Waals surface area (Å²) in [4.78, 5) is 0. The minimum Gasteiger partial charge on any atom is -0.508 e. The fraction of sp³-hybridized carbons (Fsp3) is 0.250. The Balaban J connectivity index is 2.04. The van der Waals surface area contributed by atoms with Crippen molar-refractivity contribution in [2.24, 2.45) is 0 Å². The summed E-state index contributed by atoms with van der Waals surface area (Å²) in [6.45, 7) is 4.02. The number of rotatable bonds is 6. The lowest BCUT2D eigenvalue weighted by atomic mass is 9.95. The number of phenolic OH excluding ortho intramolecular Hbond substituents is 2. The lowest BCUT2D eigenvalue weighted by Gasteiger charge is -2.17. The Bertz CT molecular complexity index is 992. The third-order valence-electron chi connectivity index (χ3n) is 4.86. The molecule has 0 saturated heterocycles. The van der Waals surface area contributed by atoms with Crippen molar-refractivity contribution in [3.63, 3.8) is 0 Å². The van der Waals surface area contributed by atoms with E-state index in [4.69, 9.17) is 9.47 Å². The molecule has 0 radical (unpaired) electrons. The highest BCUT2D eigenvalue weighted by Gasteiger charge is 2.16. The van der Waals surface area contributed by atoms with Gasteiger partial charge in [0.15, 0.2) is 0 Å². The second kappa shape index (κ2) is 8.26. The molecule has 4 nitrogen and oxygen atoms in total. The predicted molar refractivity (Wildman–Crippen MR) is 111 cm³/mol. The Hall–Kier alpha value is -3.14. The van der Waals surface area contributed by atoms with Crippen LogP contribution in [-0.4, -0.2) is 24.4 Å². The van der Waals surface area contributed by atoms with Gasteiger partial charge in [-0.1, -0.05) is 35.4 Å². The Morgan fingerprint density at radius 3 is 1.86 bits per heavy atom. The van der Waals surface area contributed by atoms with E-state index in [1.54, 1.807) is 32.4 Å². The van der Waals surface area contributed by atoms with Gasteiger partial charge in [0.2, 0.25) is 0 Å². The van der Waals surface area contributed by atoms with Crippen LogP contribution in [0.2, 0.25) is 0 Å². The molecule has 3 rings (SSSR count). The van der Waals surface area contributed by atoms with Crippen molar-refractivity contribution in [1.82, 2.24) is 0 Å². The van der Waals surface area contributed by atoms with Crippen LogP contribution < -0.4 is 9.47 Å². The van der Waals surface area contributed by atoms with Gasteiger partial charge in [-0.25, -0.2) is 0 Å². The van der Waals surface area contributed by atoms with Crippen LogP contribution in [0.1, 0.15) is 33.4 Å². The van der Waals surface area contributed by atoms with Gasteiger partial charge in [-0.2, -0.15) is 0 Å². The summed E-state index contributed by atoms with van der Waals surface area (Å²) in [7, 11) is 3.28. The minimum atomic E-state index is 0.171. The molecular formula is C24H26O4. The van der Waals surface area contributed by atoms with Crippen molar-refractivity contribution in [3.05, 3.63) is 81.9 Å². The molecule has 4 heteroatoms. The molecule has 0 heterocycles. The summed E-state index contributed by atoms with van der Waals surface area (Å²) in [5.41, 5.74) is 5.72. The van der Waals surface area contributed by atoms with Gasteiger partial charge in [0, 0.05) is 24.0 Å². The van der Waals surface area contributed by atoms with Crippen molar-refractivity contribution >= 4 is 0 Å². The van der Waals surface area contributed by atoms with Crippen molar-refractivity contribution in [1.29, 1.82) is 0 Å². The number of ether oxygens (including phenoxy) is 2. The predicted octanol–water partition coefficient (Wildman–Crippen LogP) is 4.91. The quantitative estimate of drug-likeness (QED) is 0.640. The van der Waals surface area contributed by atoms with E-state index in [1.807, 2.05) is 38.1 Å². The molecule has 0 spiro atoms. The zero-order valence-corrected chi connectivity index (χ0v) is 16.7. The molecule has 0 bridgehead atoms. The molecule has 0 aliphatic carbocycles. The van der Waals surface area contributed by atoms with E-state index < -0.39 is 0 Å². The van der Waals surface area contributed by atoms with Crippen LogP contribution >= 0.6 is 0 Å². The van der Waals surface area contributed by atoms with E-state index in [0.29, 0.717) is 18.6 Å². The Labute approximate surface area is 166 Å². The molecule has 146 valence electrons. The molecule has 0 fully saturated rings. The molecule has 2 N–H and O–H groups in total. The fourth-order valence-electron chi connectivity index (χ4n) is 3.57. The molecule has 3 aromatic rings. The number of benzene rings is 3. The maximum absolute atomic E-state index is 10.3. The zero-order chi connectivity index (χ0) is 20.3. The summed E-state index contributed by atoms with van der Waals surface area (Å²) in [5, 5.41) is 20.5.